The van der Waals surface area contributed by atoms with E-state index in [1.807, 2.05) is 6.92 Å². The van der Waals surface area contributed by atoms with Crippen LogP contribution in [0.3, 0.4) is 0 Å². The fourth-order valence-corrected chi connectivity index (χ4v) is 2.50. The number of hydrogen-bond donors (Lipinski definition) is 1. The maximum absolute atomic E-state index is 12.8. The van der Waals surface area contributed by atoms with Crippen LogP contribution in [0.15, 0.2) is 35.7 Å². The van der Waals surface area contributed by atoms with Crippen LogP contribution in [0.4, 0.5) is 13.2 Å². The zero-order valence-corrected chi connectivity index (χ0v) is 10.3. The zero-order chi connectivity index (χ0) is 13.3. The molecule has 0 bridgehead atoms. The minimum Gasteiger partial charge on any atom is -0.384 e. The number of aliphatic hydroxyl groups excluding tert-OH is 1. The summed E-state index contributed by atoms with van der Waals surface area (Å²) in [4.78, 5) is 0.952. The third kappa shape index (κ3) is 2.57. The van der Waals surface area contributed by atoms with Crippen LogP contribution in [0.25, 0.3) is 0 Å². The van der Waals surface area contributed by atoms with Crippen LogP contribution in [-0.4, -0.2) is 5.11 Å². The van der Waals surface area contributed by atoms with Gasteiger partial charge in [-0.3, -0.25) is 0 Å². The van der Waals surface area contributed by atoms with Gasteiger partial charge >= 0.3 is 6.18 Å². The van der Waals surface area contributed by atoms with Crippen molar-refractivity contribution < 1.29 is 18.3 Å². The Morgan fingerprint density at radius 2 is 1.89 bits per heavy atom. The largest absolute Gasteiger partial charge is 0.416 e. The molecule has 1 atom stereocenters. The van der Waals surface area contributed by atoms with Gasteiger partial charge in [-0.15, -0.1) is 11.3 Å². The van der Waals surface area contributed by atoms with Crippen molar-refractivity contribution in [2.24, 2.45) is 0 Å². The minimum atomic E-state index is -4.46. The van der Waals surface area contributed by atoms with E-state index in [0.717, 1.165) is 10.9 Å². The topological polar surface area (TPSA) is 20.2 Å². The number of thiophene rings is 1. The molecule has 96 valence electrons. The predicted octanol–water partition coefficient (Wildman–Crippen LogP) is 4.16. The lowest BCUT2D eigenvalue weighted by atomic mass is 9.98. The molecule has 1 heterocycles. The van der Waals surface area contributed by atoms with Crippen molar-refractivity contribution in [2.45, 2.75) is 19.2 Å². The second-order valence-corrected chi connectivity index (χ2v) is 5.09. The summed E-state index contributed by atoms with van der Waals surface area (Å²) in [5.74, 6) is 0. The first-order valence-corrected chi connectivity index (χ1v) is 6.17. The van der Waals surface area contributed by atoms with Gasteiger partial charge in [0.25, 0.3) is 0 Å². The molecule has 0 saturated carbocycles. The van der Waals surface area contributed by atoms with Crippen LogP contribution >= 0.6 is 11.3 Å². The Morgan fingerprint density at radius 1 is 1.22 bits per heavy atom. The van der Waals surface area contributed by atoms with Gasteiger partial charge in [0.2, 0.25) is 0 Å². The summed E-state index contributed by atoms with van der Waals surface area (Å²) < 4.78 is 38.5. The van der Waals surface area contributed by atoms with Crippen molar-refractivity contribution in [1.82, 2.24) is 0 Å². The van der Waals surface area contributed by atoms with Crippen molar-refractivity contribution in [2.75, 3.05) is 0 Å². The standard InChI is InChI=1S/C13H11F3OS/c1-8-6-9(7-18-8)12(17)10-4-2-3-5-11(10)13(14,15)16/h2-7,12,17H,1H3. The molecule has 0 amide bonds. The van der Waals surface area contributed by atoms with Gasteiger partial charge in [0.15, 0.2) is 0 Å². The van der Waals surface area contributed by atoms with Crippen molar-refractivity contribution in [3.05, 3.63) is 57.3 Å². The third-order valence-corrected chi connectivity index (χ3v) is 3.51. The molecule has 0 saturated heterocycles. The fraction of sp³-hybridized carbons (Fsp3) is 0.231. The SMILES string of the molecule is Cc1cc(C(O)c2ccccc2C(F)(F)F)cs1. The van der Waals surface area contributed by atoms with Crippen LogP contribution < -0.4 is 0 Å². The number of aryl methyl sites for hydroxylation is 1. The van der Waals surface area contributed by atoms with Gasteiger partial charge in [-0.2, -0.15) is 13.2 Å². The Labute approximate surface area is 107 Å². The molecular formula is C13H11F3OS. The molecule has 5 heteroatoms. The van der Waals surface area contributed by atoms with Crippen LogP contribution in [0.2, 0.25) is 0 Å². The molecule has 1 N–H and O–H groups in total. The predicted molar refractivity (Wildman–Crippen MR) is 64.6 cm³/mol. The lowest BCUT2D eigenvalue weighted by Crippen LogP contribution is -2.12. The monoisotopic (exact) mass is 272 g/mol. The lowest BCUT2D eigenvalue weighted by Gasteiger charge is -2.16. The van der Waals surface area contributed by atoms with E-state index in [1.54, 1.807) is 11.4 Å². The molecule has 18 heavy (non-hydrogen) atoms. The number of aliphatic hydroxyl groups is 1. The van der Waals surface area contributed by atoms with Gasteiger partial charge in [0.05, 0.1) is 5.56 Å². The molecule has 0 aliphatic carbocycles. The van der Waals surface area contributed by atoms with Gasteiger partial charge in [-0.1, -0.05) is 18.2 Å². The third-order valence-electron chi connectivity index (χ3n) is 2.63. The Hall–Kier alpha value is -1.33. The Balaban J connectivity index is 2.45. The van der Waals surface area contributed by atoms with Gasteiger partial charge in [0.1, 0.15) is 6.10 Å². The van der Waals surface area contributed by atoms with Gasteiger partial charge in [-0.05, 0) is 35.6 Å². The van der Waals surface area contributed by atoms with E-state index in [1.165, 1.54) is 29.5 Å². The van der Waals surface area contributed by atoms with Crippen LogP contribution in [0.5, 0.6) is 0 Å². The molecule has 0 aliphatic rings. The highest BCUT2D eigenvalue weighted by Crippen LogP contribution is 2.37. The van der Waals surface area contributed by atoms with Crippen molar-refractivity contribution in [1.29, 1.82) is 0 Å². The lowest BCUT2D eigenvalue weighted by molar-refractivity contribution is -0.139. The Morgan fingerprint density at radius 3 is 2.44 bits per heavy atom. The summed E-state index contributed by atoms with van der Waals surface area (Å²) in [7, 11) is 0. The first-order chi connectivity index (χ1) is 8.39. The summed E-state index contributed by atoms with van der Waals surface area (Å²) in [6.07, 6.45) is -5.70. The van der Waals surface area contributed by atoms with Gasteiger partial charge in [0, 0.05) is 4.88 Å². The van der Waals surface area contributed by atoms with E-state index in [2.05, 4.69) is 0 Å². The highest BCUT2D eigenvalue weighted by molar-refractivity contribution is 7.10. The molecule has 0 spiro atoms. The normalized spacial score (nSPS) is 13.6. The molecule has 1 aromatic carbocycles. The molecule has 2 aromatic rings. The number of hydrogen-bond acceptors (Lipinski definition) is 2. The smallest absolute Gasteiger partial charge is 0.384 e. The van der Waals surface area contributed by atoms with E-state index in [0.29, 0.717) is 5.56 Å². The number of benzene rings is 1. The average molecular weight is 272 g/mol. The second-order valence-electron chi connectivity index (χ2n) is 3.98. The molecule has 0 fully saturated rings. The van der Waals surface area contributed by atoms with E-state index < -0.39 is 17.8 Å². The maximum Gasteiger partial charge on any atom is 0.416 e. The zero-order valence-electron chi connectivity index (χ0n) is 9.53. The fourth-order valence-electron chi connectivity index (χ4n) is 1.78. The Bertz CT molecular complexity index is 545. The number of rotatable bonds is 2. The van der Waals surface area contributed by atoms with Crippen LogP contribution in [0.1, 0.15) is 27.7 Å². The first kappa shape index (κ1) is 13.1. The van der Waals surface area contributed by atoms with Crippen molar-refractivity contribution in [3.63, 3.8) is 0 Å². The maximum atomic E-state index is 12.8. The molecule has 1 nitrogen and oxygen atoms in total. The summed E-state index contributed by atoms with van der Waals surface area (Å²) in [6, 6.07) is 6.80. The average Bonchev–Trinajstić information content (AvgIpc) is 2.74. The highest BCUT2D eigenvalue weighted by Gasteiger charge is 2.34. The molecular weight excluding hydrogens is 261 g/mol. The Kier molecular flexibility index (Phi) is 3.45. The van der Waals surface area contributed by atoms with E-state index in [4.69, 9.17) is 0 Å². The van der Waals surface area contributed by atoms with E-state index in [9.17, 15) is 18.3 Å². The van der Waals surface area contributed by atoms with Gasteiger partial charge < -0.3 is 5.11 Å². The summed E-state index contributed by atoms with van der Waals surface area (Å²) in [5.41, 5.74) is -0.404. The first-order valence-electron chi connectivity index (χ1n) is 5.29. The van der Waals surface area contributed by atoms with Crippen LogP contribution in [0, 0.1) is 6.92 Å². The van der Waals surface area contributed by atoms with Crippen molar-refractivity contribution >= 4 is 11.3 Å². The molecule has 1 aromatic heterocycles. The molecule has 0 aliphatic heterocycles. The van der Waals surface area contributed by atoms with Crippen LogP contribution in [-0.2, 0) is 6.18 Å². The molecule has 1 unspecified atom stereocenters. The molecule has 2 rings (SSSR count). The second kappa shape index (κ2) is 4.74. The summed E-state index contributed by atoms with van der Waals surface area (Å²) >= 11 is 1.40. The quantitative estimate of drug-likeness (QED) is 0.870. The summed E-state index contributed by atoms with van der Waals surface area (Å²) in [5, 5.41) is 11.7. The van der Waals surface area contributed by atoms with E-state index >= 15 is 0 Å². The highest BCUT2D eigenvalue weighted by atomic mass is 32.1. The van der Waals surface area contributed by atoms with E-state index in [-0.39, 0.29) is 5.56 Å². The van der Waals surface area contributed by atoms with Gasteiger partial charge in [-0.25, -0.2) is 0 Å². The summed E-state index contributed by atoms with van der Waals surface area (Å²) in [6.45, 7) is 1.84. The number of alkyl halides is 3. The number of halogens is 3. The minimum absolute atomic E-state index is 0.109. The molecule has 0 radical (unpaired) electrons. The van der Waals surface area contributed by atoms with Crippen molar-refractivity contribution in [3.8, 4) is 0 Å².